The molecule has 4 aromatic rings. The molecule has 138 valence electrons. The van der Waals surface area contributed by atoms with Gasteiger partial charge in [0, 0.05) is 22.9 Å². The standard InChI is InChI=1S/C23H15F2NO2/c1-11-8-12(3-7-19(11)24)15-5-6-17-18-10-14-9-13(23(27)28)2-4-16(14)21(18)26-22(17)20(15)25/h2-9,26H,10H2,1H3,(H,27,28). The summed E-state index contributed by atoms with van der Waals surface area (Å²) in [6.07, 6.45) is 0.556. The average Bonchev–Trinajstić information content (AvgIpc) is 3.20. The molecule has 1 heterocycles. The van der Waals surface area contributed by atoms with Crippen molar-refractivity contribution in [2.75, 3.05) is 0 Å². The molecule has 5 heteroatoms. The van der Waals surface area contributed by atoms with Gasteiger partial charge in [0.2, 0.25) is 0 Å². The summed E-state index contributed by atoms with van der Waals surface area (Å²) in [5.74, 6) is -1.66. The van der Waals surface area contributed by atoms with Crippen LogP contribution in [0.2, 0.25) is 0 Å². The summed E-state index contributed by atoms with van der Waals surface area (Å²) in [6, 6.07) is 13.1. The van der Waals surface area contributed by atoms with Crippen LogP contribution in [0.3, 0.4) is 0 Å². The molecule has 28 heavy (non-hydrogen) atoms. The summed E-state index contributed by atoms with van der Waals surface area (Å²) in [6.45, 7) is 1.65. The largest absolute Gasteiger partial charge is 0.478 e. The number of aromatic amines is 1. The molecule has 0 spiro atoms. The molecule has 3 aromatic carbocycles. The summed E-state index contributed by atoms with van der Waals surface area (Å²) < 4.78 is 28.8. The summed E-state index contributed by atoms with van der Waals surface area (Å²) >= 11 is 0. The number of carboxylic acid groups (broad SMARTS) is 1. The van der Waals surface area contributed by atoms with Gasteiger partial charge in [-0.1, -0.05) is 24.3 Å². The van der Waals surface area contributed by atoms with Gasteiger partial charge >= 0.3 is 5.97 Å². The molecular formula is C23H15F2NO2. The molecule has 5 rings (SSSR count). The van der Waals surface area contributed by atoms with Crippen LogP contribution in [0.4, 0.5) is 8.78 Å². The Kier molecular flexibility index (Phi) is 3.43. The van der Waals surface area contributed by atoms with Crippen LogP contribution in [0.25, 0.3) is 33.3 Å². The molecule has 0 fully saturated rings. The van der Waals surface area contributed by atoms with E-state index in [9.17, 15) is 14.3 Å². The fraction of sp³-hybridized carbons (Fsp3) is 0.0870. The van der Waals surface area contributed by atoms with Crippen LogP contribution in [0.15, 0.2) is 48.5 Å². The van der Waals surface area contributed by atoms with E-state index in [2.05, 4.69) is 4.98 Å². The van der Waals surface area contributed by atoms with Crippen molar-refractivity contribution in [3.63, 3.8) is 0 Å². The number of nitrogens with one attached hydrogen (secondary N) is 1. The van der Waals surface area contributed by atoms with Crippen molar-refractivity contribution in [1.29, 1.82) is 0 Å². The van der Waals surface area contributed by atoms with Gasteiger partial charge in [-0.25, -0.2) is 13.6 Å². The van der Waals surface area contributed by atoms with Crippen LogP contribution < -0.4 is 0 Å². The molecule has 1 aliphatic carbocycles. The number of benzene rings is 3. The molecule has 3 nitrogen and oxygen atoms in total. The van der Waals surface area contributed by atoms with Gasteiger partial charge in [0.1, 0.15) is 5.82 Å². The Labute approximate surface area is 159 Å². The van der Waals surface area contributed by atoms with Crippen molar-refractivity contribution in [2.45, 2.75) is 13.3 Å². The molecule has 0 aliphatic heterocycles. The Balaban J connectivity index is 1.67. The molecule has 2 N–H and O–H groups in total. The van der Waals surface area contributed by atoms with Crippen molar-refractivity contribution in [3.8, 4) is 22.4 Å². The predicted molar refractivity (Wildman–Crippen MR) is 104 cm³/mol. The molecule has 0 unspecified atom stereocenters. The number of aryl methyl sites for hydroxylation is 1. The summed E-state index contributed by atoms with van der Waals surface area (Å²) in [5, 5.41) is 9.97. The molecule has 0 amide bonds. The van der Waals surface area contributed by atoms with E-state index in [1.165, 1.54) is 6.07 Å². The van der Waals surface area contributed by atoms with Crippen LogP contribution >= 0.6 is 0 Å². The minimum absolute atomic E-state index is 0.244. The average molecular weight is 375 g/mol. The van der Waals surface area contributed by atoms with Crippen LogP contribution in [0.1, 0.15) is 27.0 Å². The first kappa shape index (κ1) is 16.7. The molecule has 0 radical (unpaired) electrons. The monoisotopic (exact) mass is 375 g/mol. The number of fused-ring (bicyclic) bond motifs is 5. The number of carbonyl (C=O) groups is 1. The van der Waals surface area contributed by atoms with Crippen molar-refractivity contribution in [2.24, 2.45) is 0 Å². The van der Waals surface area contributed by atoms with Gasteiger partial charge in [0.25, 0.3) is 0 Å². The lowest BCUT2D eigenvalue weighted by Gasteiger charge is -2.07. The van der Waals surface area contributed by atoms with Crippen LogP contribution in [0.5, 0.6) is 0 Å². The first-order chi connectivity index (χ1) is 13.4. The number of aromatic carboxylic acids is 1. The van der Waals surface area contributed by atoms with E-state index in [4.69, 9.17) is 0 Å². The summed E-state index contributed by atoms with van der Waals surface area (Å²) in [5.41, 5.74) is 5.77. The number of hydrogen-bond acceptors (Lipinski definition) is 1. The highest BCUT2D eigenvalue weighted by atomic mass is 19.1. The van der Waals surface area contributed by atoms with Gasteiger partial charge in [0.15, 0.2) is 5.82 Å². The predicted octanol–water partition coefficient (Wildman–Crippen LogP) is 5.69. The molecule has 0 saturated heterocycles. The van der Waals surface area contributed by atoms with Crippen molar-refractivity contribution >= 4 is 16.9 Å². The number of halogens is 2. The first-order valence-corrected chi connectivity index (χ1v) is 8.90. The zero-order valence-electron chi connectivity index (χ0n) is 14.9. The van der Waals surface area contributed by atoms with E-state index >= 15 is 4.39 Å². The Bertz CT molecular complexity index is 1300. The minimum Gasteiger partial charge on any atom is -0.478 e. The van der Waals surface area contributed by atoms with E-state index in [1.54, 1.807) is 43.3 Å². The van der Waals surface area contributed by atoms with E-state index in [0.29, 0.717) is 28.6 Å². The van der Waals surface area contributed by atoms with Gasteiger partial charge in [0.05, 0.1) is 16.8 Å². The molecule has 1 aromatic heterocycles. The number of hydrogen-bond donors (Lipinski definition) is 2. The fourth-order valence-electron chi connectivity index (χ4n) is 4.04. The highest BCUT2D eigenvalue weighted by Gasteiger charge is 2.26. The highest BCUT2D eigenvalue weighted by Crippen LogP contribution is 2.42. The number of H-pyrrole nitrogens is 1. The normalized spacial score (nSPS) is 12.2. The third-order valence-electron chi connectivity index (χ3n) is 5.48. The summed E-state index contributed by atoms with van der Waals surface area (Å²) in [4.78, 5) is 14.4. The van der Waals surface area contributed by atoms with Gasteiger partial charge < -0.3 is 10.1 Å². The lowest BCUT2D eigenvalue weighted by Crippen LogP contribution is -1.97. The molecule has 0 bridgehead atoms. The number of carboxylic acids is 1. The van der Waals surface area contributed by atoms with Crippen LogP contribution in [0, 0.1) is 18.6 Å². The van der Waals surface area contributed by atoms with Gasteiger partial charge in [-0.3, -0.25) is 0 Å². The zero-order valence-corrected chi connectivity index (χ0v) is 14.9. The first-order valence-electron chi connectivity index (χ1n) is 8.90. The molecular weight excluding hydrogens is 360 g/mol. The third-order valence-corrected chi connectivity index (χ3v) is 5.48. The van der Waals surface area contributed by atoms with Gasteiger partial charge in [-0.2, -0.15) is 0 Å². The van der Waals surface area contributed by atoms with E-state index < -0.39 is 5.97 Å². The number of rotatable bonds is 2. The van der Waals surface area contributed by atoms with Crippen LogP contribution in [-0.4, -0.2) is 16.1 Å². The second-order valence-electron chi connectivity index (χ2n) is 7.15. The Hall–Kier alpha value is -3.47. The third kappa shape index (κ3) is 2.29. The second kappa shape index (κ2) is 5.76. The zero-order chi connectivity index (χ0) is 19.6. The minimum atomic E-state index is -0.964. The lowest BCUT2D eigenvalue weighted by molar-refractivity contribution is 0.0697. The van der Waals surface area contributed by atoms with Crippen LogP contribution in [-0.2, 0) is 6.42 Å². The maximum Gasteiger partial charge on any atom is 0.335 e. The summed E-state index contributed by atoms with van der Waals surface area (Å²) in [7, 11) is 0. The molecule has 0 atom stereocenters. The smallest absolute Gasteiger partial charge is 0.335 e. The maximum absolute atomic E-state index is 15.3. The van der Waals surface area contributed by atoms with E-state index in [1.807, 2.05) is 6.07 Å². The Morgan fingerprint density at radius 1 is 1.04 bits per heavy atom. The number of aromatic nitrogens is 1. The molecule has 0 saturated carbocycles. The van der Waals surface area contributed by atoms with Crippen molar-refractivity contribution < 1.29 is 18.7 Å². The lowest BCUT2D eigenvalue weighted by atomic mass is 10.00. The van der Waals surface area contributed by atoms with Crippen molar-refractivity contribution in [1.82, 2.24) is 4.98 Å². The van der Waals surface area contributed by atoms with E-state index in [0.717, 1.165) is 27.8 Å². The molecule has 1 aliphatic rings. The fourth-order valence-corrected chi connectivity index (χ4v) is 4.04. The van der Waals surface area contributed by atoms with Gasteiger partial charge in [-0.15, -0.1) is 0 Å². The topological polar surface area (TPSA) is 53.1 Å². The second-order valence-corrected chi connectivity index (χ2v) is 7.15. The Morgan fingerprint density at radius 3 is 2.57 bits per heavy atom. The van der Waals surface area contributed by atoms with E-state index in [-0.39, 0.29) is 17.2 Å². The highest BCUT2D eigenvalue weighted by molar-refractivity contribution is 5.98. The van der Waals surface area contributed by atoms with Crippen molar-refractivity contribution in [3.05, 3.63) is 82.4 Å². The SMILES string of the molecule is Cc1cc(-c2ccc3c4c([nH]c3c2F)-c2ccc(C(=O)O)cc2C4)ccc1F. The quantitative estimate of drug-likeness (QED) is 0.416. The maximum atomic E-state index is 15.3. The van der Waals surface area contributed by atoms with Gasteiger partial charge in [-0.05, 0) is 53.4 Å². The Morgan fingerprint density at radius 2 is 1.82 bits per heavy atom.